The predicted molar refractivity (Wildman–Crippen MR) is 116 cm³/mol. The van der Waals surface area contributed by atoms with Gasteiger partial charge in [-0.2, -0.15) is 0 Å². The van der Waals surface area contributed by atoms with Crippen molar-refractivity contribution in [3.8, 4) is 5.75 Å². The molecule has 2 aromatic carbocycles. The van der Waals surface area contributed by atoms with Crippen LogP contribution in [-0.2, 0) is 17.8 Å². The molecule has 5 heteroatoms. The topological polar surface area (TPSA) is 46.1 Å². The lowest BCUT2D eigenvalue weighted by atomic mass is 10.1. The van der Waals surface area contributed by atoms with Gasteiger partial charge in [-0.1, -0.05) is 48.5 Å². The summed E-state index contributed by atoms with van der Waals surface area (Å²) >= 11 is 0. The van der Waals surface area contributed by atoms with E-state index in [1.807, 2.05) is 18.2 Å². The van der Waals surface area contributed by atoms with Crippen LogP contribution in [0.2, 0.25) is 0 Å². The van der Waals surface area contributed by atoms with Gasteiger partial charge >= 0.3 is 0 Å². The SMILES string of the molecule is CCNC(=NCC1Cc2ccccc2O1)N1CCC(COCc2ccccc2)C1. The molecule has 0 amide bonds. The van der Waals surface area contributed by atoms with E-state index in [2.05, 4.69) is 53.5 Å². The van der Waals surface area contributed by atoms with Gasteiger partial charge in [0.05, 0.1) is 19.8 Å². The minimum absolute atomic E-state index is 0.133. The number of fused-ring (bicyclic) bond motifs is 1. The first-order valence-electron chi connectivity index (χ1n) is 10.7. The van der Waals surface area contributed by atoms with Crippen LogP contribution in [0, 0.1) is 5.92 Å². The summed E-state index contributed by atoms with van der Waals surface area (Å²) in [5.41, 5.74) is 2.52. The fourth-order valence-electron chi connectivity index (χ4n) is 4.05. The summed E-state index contributed by atoms with van der Waals surface area (Å²) in [6.45, 7) is 7.17. The standard InChI is InChI=1S/C24H31N3O2/c1-2-25-24(26-15-22-14-21-10-6-7-11-23(21)29-22)27-13-12-20(16-27)18-28-17-19-8-4-3-5-9-19/h3-11,20,22H,2,12-18H2,1H3,(H,25,26). The van der Waals surface area contributed by atoms with Crippen molar-refractivity contribution in [2.24, 2.45) is 10.9 Å². The molecular weight excluding hydrogens is 362 g/mol. The zero-order valence-corrected chi connectivity index (χ0v) is 17.2. The third kappa shape index (κ3) is 5.30. The second-order valence-corrected chi connectivity index (χ2v) is 7.85. The van der Waals surface area contributed by atoms with Crippen LogP contribution in [-0.4, -0.2) is 49.7 Å². The van der Waals surface area contributed by atoms with Gasteiger partial charge in [-0.25, -0.2) is 4.99 Å². The van der Waals surface area contributed by atoms with Crippen molar-refractivity contribution in [3.05, 3.63) is 65.7 Å². The average molecular weight is 394 g/mol. The molecule has 2 heterocycles. The average Bonchev–Trinajstić information content (AvgIpc) is 3.38. The minimum Gasteiger partial charge on any atom is -0.488 e. The van der Waals surface area contributed by atoms with Crippen molar-refractivity contribution in [1.29, 1.82) is 0 Å². The molecule has 2 aliphatic heterocycles. The molecule has 1 saturated heterocycles. The number of rotatable bonds is 7. The number of para-hydroxylation sites is 1. The van der Waals surface area contributed by atoms with Crippen molar-refractivity contribution in [2.45, 2.75) is 32.5 Å². The van der Waals surface area contributed by atoms with E-state index >= 15 is 0 Å². The first-order valence-corrected chi connectivity index (χ1v) is 10.7. The maximum absolute atomic E-state index is 6.04. The molecule has 2 aliphatic rings. The number of hydrogen-bond acceptors (Lipinski definition) is 3. The molecule has 2 atom stereocenters. The molecule has 5 nitrogen and oxygen atoms in total. The Bertz CT molecular complexity index is 784. The molecule has 154 valence electrons. The van der Waals surface area contributed by atoms with Crippen molar-refractivity contribution in [3.63, 3.8) is 0 Å². The molecule has 1 N–H and O–H groups in total. The van der Waals surface area contributed by atoms with Gasteiger partial charge in [0.1, 0.15) is 11.9 Å². The Morgan fingerprint density at radius 1 is 1.17 bits per heavy atom. The highest BCUT2D eigenvalue weighted by atomic mass is 16.5. The van der Waals surface area contributed by atoms with Gasteiger partial charge in [-0.3, -0.25) is 0 Å². The van der Waals surface area contributed by atoms with E-state index in [9.17, 15) is 0 Å². The predicted octanol–water partition coefficient (Wildman–Crippen LogP) is 3.49. The number of ether oxygens (including phenoxy) is 2. The maximum atomic E-state index is 6.04. The van der Waals surface area contributed by atoms with Crippen LogP contribution >= 0.6 is 0 Å². The summed E-state index contributed by atoms with van der Waals surface area (Å²) in [6.07, 6.45) is 2.22. The highest BCUT2D eigenvalue weighted by Gasteiger charge is 2.26. The van der Waals surface area contributed by atoms with Crippen LogP contribution in [0.15, 0.2) is 59.6 Å². The largest absolute Gasteiger partial charge is 0.488 e. The summed E-state index contributed by atoms with van der Waals surface area (Å²) in [5.74, 6) is 2.56. The number of nitrogens with one attached hydrogen (secondary N) is 1. The van der Waals surface area contributed by atoms with Crippen LogP contribution in [0.25, 0.3) is 0 Å². The summed E-state index contributed by atoms with van der Waals surface area (Å²) in [4.78, 5) is 7.25. The molecule has 0 bridgehead atoms. The van der Waals surface area contributed by atoms with Crippen LogP contribution in [0.4, 0.5) is 0 Å². The first kappa shape index (κ1) is 19.8. The third-order valence-electron chi connectivity index (χ3n) is 5.54. The van der Waals surface area contributed by atoms with Gasteiger partial charge in [0.25, 0.3) is 0 Å². The fraction of sp³-hybridized carbons (Fsp3) is 0.458. The molecule has 2 aromatic rings. The zero-order chi connectivity index (χ0) is 19.9. The molecular formula is C24H31N3O2. The molecule has 1 fully saturated rings. The van der Waals surface area contributed by atoms with Gasteiger partial charge in [-0.15, -0.1) is 0 Å². The van der Waals surface area contributed by atoms with Crippen molar-refractivity contribution in [2.75, 3.05) is 32.8 Å². The van der Waals surface area contributed by atoms with E-state index in [-0.39, 0.29) is 6.10 Å². The van der Waals surface area contributed by atoms with Gasteiger partial charge in [-0.05, 0) is 30.5 Å². The Labute approximate surface area is 173 Å². The Hall–Kier alpha value is -2.53. The normalized spacial score (nSPS) is 21.1. The van der Waals surface area contributed by atoms with E-state index in [1.165, 1.54) is 11.1 Å². The zero-order valence-electron chi connectivity index (χ0n) is 17.2. The minimum atomic E-state index is 0.133. The van der Waals surface area contributed by atoms with Crippen molar-refractivity contribution >= 4 is 5.96 Å². The quantitative estimate of drug-likeness (QED) is 0.578. The van der Waals surface area contributed by atoms with Gasteiger partial charge in [0, 0.05) is 32.0 Å². The number of benzene rings is 2. The van der Waals surface area contributed by atoms with Crippen molar-refractivity contribution in [1.82, 2.24) is 10.2 Å². The summed E-state index contributed by atoms with van der Waals surface area (Å²) < 4.78 is 12.0. The van der Waals surface area contributed by atoms with E-state index < -0.39 is 0 Å². The van der Waals surface area contributed by atoms with Crippen LogP contribution < -0.4 is 10.1 Å². The lowest BCUT2D eigenvalue weighted by Gasteiger charge is -2.22. The van der Waals surface area contributed by atoms with Crippen LogP contribution in [0.3, 0.4) is 0 Å². The van der Waals surface area contributed by atoms with E-state index in [0.717, 1.165) is 50.8 Å². The number of nitrogens with zero attached hydrogens (tertiary/aromatic N) is 2. The second-order valence-electron chi connectivity index (χ2n) is 7.85. The third-order valence-corrected chi connectivity index (χ3v) is 5.54. The van der Waals surface area contributed by atoms with Gasteiger partial charge in [0.15, 0.2) is 5.96 Å². The summed E-state index contributed by atoms with van der Waals surface area (Å²) in [5, 5.41) is 3.45. The summed E-state index contributed by atoms with van der Waals surface area (Å²) in [6, 6.07) is 18.7. The molecule has 29 heavy (non-hydrogen) atoms. The number of aliphatic imine (C=N–C) groups is 1. The Kier molecular flexibility index (Phi) is 6.67. The van der Waals surface area contributed by atoms with Gasteiger partial charge < -0.3 is 19.7 Å². The molecule has 0 saturated carbocycles. The molecule has 2 unspecified atom stereocenters. The number of likely N-dealkylation sites (tertiary alicyclic amines) is 1. The molecule has 0 radical (unpaired) electrons. The van der Waals surface area contributed by atoms with E-state index in [1.54, 1.807) is 0 Å². The van der Waals surface area contributed by atoms with Gasteiger partial charge in [0.2, 0.25) is 0 Å². The molecule has 4 rings (SSSR count). The van der Waals surface area contributed by atoms with Crippen LogP contribution in [0.5, 0.6) is 5.75 Å². The number of guanidine groups is 1. The molecule has 0 aliphatic carbocycles. The highest BCUT2D eigenvalue weighted by Crippen LogP contribution is 2.28. The lowest BCUT2D eigenvalue weighted by molar-refractivity contribution is 0.0906. The monoisotopic (exact) mass is 393 g/mol. The van der Waals surface area contributed by atoms with E-state index in [0.29, 0.717) is 19.1 Å². The second kappa shape index (κ2) is 9.79. The Morgan fingerprint density at radius 3 is 2.83 bits per heavy atom. The molecule has 0 aromatic heterocycles. The first-order chi connectivity index (χ1) is 14.3. The number of hydrogen-bond donors (Lipinski definition) is 1. The van der Waals surface area contributed by atoms with E-state index in [4.69, 9.17) is 14.5 Å². The molecule has 0 spiro atoms. The highest BCUT2D eigenvalue weighted by molar-refractivity contribution is 5.80. The fourth-order valence-corrected chi connectivity index (χ4v) is 4.05. The summed E-state index contributed by atoms with van der Waals surface area (Å²) in [7, 11) is 0. The maximum Gasteiger partial charge on any atom is 0.194 e. The van der Waals surface area contributed by atoms with Crippen molar-refractivity contribution < 1.29 is 9.47 Å². The Balaban J connectivity index is 1.26. The van der Waals surface area contributed by atoms with Crippen LogP contribution in [0.1, 0.15) is 24.5 Å². The Morgan fingerprint density at radius 2 is 2.00 bits per heavy atom. The lowest BCUT2D eigenvalue weighted by Crippen LogP contribution is -2.41. The smallest absolute Gasteiger partial charge is 0.194 e.